The van der Waals surface area contributed by atoms with E-state index in [1.165, 1.54) is 23.8 Å². The van der Waals surface area contributed by atoms with Crippen molar-refractivity contribution in [2.24, 2.45) is 0 Å². The van der Waals surface area contributed by atoms with E-state index in [0.717, 1.165) is 16.7 Å². The molecule has 0 aliphatic carbocycles. The van der Waals surface area contributed by atoms with Gasteiger partial charge in [0.25, 0.3) is 5.56 Å². The highest BCUT2D eigenvalue weighted by Gasteiger charge is 2.38. The molecule has 0 fully saturated rings. The molecule has 1 atom stereocenters. The lowest BCUT2D eigenvalue weighted by atomic mass is 9.76. The summed E-state index contributed by atoms with van der Waals surface area (Å²) in [6.45, 7) is 1.70. The van der Waals surface area contributed by atoms with Crippen LogP contribution in [0.4, 0.5) is 0 Å². The van der Waals surface area contributed by atoms with E-state index in [9.17, 15) is 14.4 Å². The molecule has 0 saturated heterocycles. The van der Waals surface area contributed by atoms with Gasteiger partial charge < -0.3 is 4.74 Å². The Bertz CT molecular complexity index is 1300. The van der Waals surface area contributed by atoms with E-state index in [-0.39, 0.29) is 5.97 Å². The average molecular weight is 498 g/mol. The quantitative estimate of drug-likeness (QED) is 0.183. The van der Waals surface area contributed by atoms with Crippen molar-refractivity contribution in [3.8, 4) is 0 Å². The molecule has 0 bridgehead atoms. The molecule has 190 valence electrons. The first-order valence-corrected chi connectivity index (χ1v) is 12.4. The summed E-state index contributed by atoms with van der Waals surface area (Å²) in [4.78, 5) is 38.4. The maximum atomic E-state index is 13.0. The predicted octanol–water partition coefficient (Wildman–Crippen LogP) is 4.35. The number of rotatable bonds is 11. The molecule has 0 aliphatic rings. The second-order valence-corrected chi connectivity index (χ2v) is 8.86. The summed E-state index contributed by atoms with van der Waals surface area (Å²) in [5, 5.41) is 3.83. The number of carbonyl (C=O) groups excluding carboxylic acids is 1. The molecule has 7 heteroatoms. The number of hydrogen-bond acceptors (Lipinski definition) is 5. The van der Waals surface area contributed by atoms with Gasteiger partial charge in [-0.25, -0.2) is 4.79 Å². The maximum Gasteiger partial charge on any atom is 0.329 e. The molecule has 1 aromatic heterocycles. The first kappa shape index (κ1) is 25.9. The third-order valence-electron chi connectivity index (χ3n) is 6.37. The monoisotopic (exact) mass is 497 g/mol. The average Bonchev–Trinajstić information content (AvgIpc) is 2.92. The minimum Gasteiger partial charge on any atom is -0.466 e. The van der Waals surface area contributed by atoms with Gasteiger partial charge in [0, 0.05) is 19.2 Å². The lowest BCUT2D eigenvalue weighted by Crippen LogP contribution is -2.50. The number of nitrogens with one attached hydrogen (secondary N) is 2. The van der Waals surface area contributed by atoms with Gasteiger partial charge in [-0.15, -0.1) is 0 Å². The van der Waals surface area contributed by atoms with Crippen LogP contribution in [-0.4, -0.2) is 22.1 Å². The minimum absolute atomic E-state index is 0.309. The summed E-state index contributed by atoms with van der Waals surface area (Å²) in [6.07, 6.45) is 2.93. The molecule has 0 amide bonds. The molecule has 1 unspecified atom stereocenters. The first-order valence-electron chi connectivity index (χ1n) is 12.4. The molecule has 37 heavy (non-hydrogen) atoms. The molecule has 4 aromatic rings. The third-order valence-corrected chi connectivity index (χ3v) is 6.37. The fraction of sp³-hybridized carbons (Fsp3) is 0.233. The van der Waals surface area contributed by atoms with Crippen LogP contribution in [0, 0.1) is 0 Å². The van der Waals surface area contributed by atoms with Gasteiger partial charge in [-0.2, -0.15) is 0 Å². The van der Waals surface area contributed by atoms with Crippen LogP contribution in [0.25, 0.3) is 0 Å². The highest BCUT2D eigenvalue weighted by molar-refractivity contribution is 5.65. The van der Waals surface area contributed by atoms with E-state index in [1.54, 1.807) is 0 Å². The second-order valence-electron chi connectivity index (χ2n) is 8.86. The van der Waals surface area contributed by atoms with Crippen LogP contribution in [0.2, 0.25) is 0 Å². The van der Waals surface area contributed by atoms with Crippen LogP contribution in [0.15, 0.2) is 113 Å². The fourth-order valence-corrected chi connectivity index (χ4v) is 4.67. The van der Waals surface area contributed by atoms with Gasteiger partial charge in [-0.3, -0.25) is 24.5 Å². The SMILES string of the molecule is CC(=O)OCCCCC(NC(c1ccccc1)(c1ccccc1)c1ccccc1)n1ccc(=O)[nH]c1=O. The largest absolute Gasteiger partial charge is 0.466 e. The molecular formula is C30H31N3O4. The van der Waals surface area contributed by atoms with Crippen molar-refractivity contribution >= 4 is 5.97 Å². The summed E-state index contributed by atoms with van der Waals surface area (Å²) < 4.78 is 6.63. The van der Waals surface area contributed by atoms with E-state index in [4.69, 9.17) is 4.74 Å². The Morgan fingerprint density at radius 2 is 1.35 bits per heavy atom. The molecule has 0 saturated carbocycles. The molecule has 1 heterocycles. The van der Waals surface area contributed by atoms with Gasteiger partial charge >= 0.3 is 11.7 Å². The lowest BCUT2D eigenvalue weighted by Gasteiger charge is -2.40. The van der Waals surface area contributed by atoms with Crippen LogP contribution < -0.4 is 16.6 Å². The Balaban J connectivity index is 1.84. The molecule has 0 aliphatic heterocycles. The Labute approximate surface area is 215 Å². The standard InChI is InChI=1S/C30H31N3O4/c1-23(34)37-22-12-11-19-27(33-21-20-28(35)31-29(33)36)32-30(24-13-5-2-6-14-24,25-15-7-3-8-16-25)26-17-9-4-10-18-26/h2-10,13-18,20-21,27,32H,11-12,19,22H2,1H3,(H,31,35,36). The summed E-state index contributed by atoms with van der Waals surface area (Å²) >= 11 is 0. The van der Waals surface area contributed by atoms with Crippen molar-refractivity contribution in [1.82, 2.24) is 14.9 Å². The van der Waals surface area contributed by atoms with E-state index in [0.29, 0.717) is 25.9 Å². The number of H-pyrrole nitrogens is 1. The number of aromatic amines is 1. The number of benzene rings is 3. The molecule has 4 rings (SSSR count). The lowest BCUT2D eigenvalue weighted by molar-refractivity contribution is -0.141. The van der Waals surface area contributed by atoms with Crippen molar-refractivity contribution in [3.05, 3.63) is 141 Å². The van der Waals surface area contributed by atoms with Crippen LogP contribution in [0.1, 0.15) is 49.0 Å². The second kappa shape index (κ2) is 12.1. The van der Waals surface area contributed by atoms with Crippen LogP contribution in [-0.2, 0) is 15.1 Å². The number of carbonyl (C=O) groups is 1. The van der Waals surface area contributed by atoms with Crippen LogP contribution >= 0.6 is 0 Å². The van der Waals surface area contributed by atoms with Gasteiger partial charge in [0.2, 0.25) is 0 Å². The number of ether oxygens (including phenoxy) is 1. The summed E-state index contributed by atoms with van der Waals surface area (Å²) in [5.41, 5.74) is 1.28. The van der Waals surface area contributed by atoms with E-state index in [1.807, 2.05) is 54.6 Å². The normalized spacial score (nSPS) is 12.1. The minimum atomic E-state index is -0.806. The Morgan fingerprint density at radius 3 is 1.81 bits per heavy atom. The topological polar surface area (TPSA) is 93.2 Å². The molecule has 0 radical (unpaired) electrons. The number of unbranched alkanes of at least 4 members (excludes halogenated alkanes) is 1. The smallest absolute Gasteiger partial charge is 0.329 e. The number of nitrogens with zero attached hydrogens (tertiary/aromatic N) is 1. The molecule has 0 spiro atoms. The van der Waals surface area contributed by atoms with Crippen molar-refractivity contribution in [3.63, 3.8) is 0 Å². The zero-order valence-electron chi connectivity index (χ0n) is 20.8. The summed E-state index contributed by atoms with van der Waals surface area (Å²) in [7, 11) is 0. The van der Waals surface area contributed by atoms with Crippen molar-refractivity contribution < 1.29 is 9.53 Å². The van der Waals surface area contributed by atoms with Crippen LogP contribution in [0.5, 0.6) is 0 Å². The first-order chi connectivity index (χ1) is 18.0. The highest BCUT2D eigenvalue weighted by Crippen LogP contribution is 2.38. The zero-order chi connectivity index (χ0) is 26.1. The Morgan fingerprint density at radius 1 is 0.838 bits per heavy atom. The van der Waals surface area contributed by atoms with Gasteiger partial charge in [0.15, 0.2) is 0 Å². The fourth-order valence-electron chi connectivity index (χ4n) is 4.67. The van der Waals surface area contributed by atoms with Gasteiger partial charge in [0.05, 0.1) is 18.3 Å². The van der Waals surface area contributed by atoms with E-state index < -0.39 is 23.0 Å². The van der Waals surface area contributed by atoms with Gasteiger partial charge in [-0.1, -0.05) is 91.0 Å². The van der Waals surface area contributed by atoms with Crippen LogP contribution in [0.3, 0.4) is 0 Å². The molecular weight excluding hydrogens is 466 g/mol. The highest BCUT2D eigenvalue weighted by atomic mass is 16.5. The molecule has 3 aromatic carbocycles. The number of aromatic nitrogens is 2. The summed E-state index contributed by atoms with van der Waals surface area (Å²) in [5.74, 6) is -0.317. The van der Waals surface area contributed by atoms with E-state index >= 15 is 0 Å². The maximum absolute atomic E-state index is 13.0. The molecule has 7 nitrogen and oxygen atoms in total. The van der Waals surface area contributed by atoms with E-state index in [2.05, 4.69) is 46.7 Å². The number of hydrogen-bond donors (Lipinski definition) is 2. The summed E-state index contributed by atoms with van der Waals surface area (Å²) in [6, 6.07) is 31.7. The van der Waals surface area contributed by atoms with Gasteiger partial charge in [-0.05, 0) is 36.0 Å². The molecule has 2 N–H and O–H groups in total. The predicted molar refractivity (Wildman–Crippen MR) is 143 cm³/mol. The third kappa shape index (κ3) is 6.13. The Hall–Kier alpha value is -4.23. The number of esters is 1. The van der Waals surface area contributed by atoms with Crippen molar-refractivity contribution in [2.45, 2.75) is 37.9 Å². The Kier molecular flexibility index (Phi) is 8.48. The zero-order valence-corrected chi connectivity index (χ0v) is 20.8. The van der Waals surface area contributed by atoms with Gasteiger partial charge in [0.1, 0.15) is 0 Å². The van der Waals surface area contributed by atoms with Crippen molar-refractivity contribution in [2.75, 3.05) is 6.61 Å². The van der Waals surface area contributed by atoms with Crippen molar-refractivity contribution in [1.29, 1.82) is 0 Å².